The lowest BCUT2D eigenvalue weighted by Crippen LogP contribution is -2.47. The van der Waals surface area contributed by atoms with Crippen LogP contribution in [0.1, 0.15) is 202 Å². The molecule has 3 unspecified atom stereocenters. The topological polar surface area (TPSA) is 553 Å². The number of carbonyl (C=O) groups excluding carboxylic acids is 15. The van der Waals surface area contributed by atoms with Crippen LogP contribution in [0.4, 0.5) is 4.79 Å². The van der Waals surface area contributed by atoms with Gasteiger partial charge in [0.05, 0.1) is 158 Å². The van der Waals surface area contributed by atoms with Gasteiger partial charge in [-0.2, -0.15) is 0 Å². The number of amides is 9. The van der Waals surface area contributed by atoms with E-state index in [1.807, 2.05) is 34.6 Å². The average molecular weight is 2080 g/mol. The summed E-state index contributed by atoms with van der Waals surface area (Å²) in [5, 5.41) is 21.6. The molecule has 9 amide bonds. The van der Waals surface area contributed by atoms with Gasteiger partial charge in [0.15, 0.2) is 11.6 Å². The first kappa shape index (κ1) is 144. The van der Waals surface area contributed by atoms with Crippen molar-refractivity contribution in [2.24, 2.45) is 0 Å². The number of hydrogen-bond donors (Lipinski definition) is 8. The molecule has 144 heavy (non-hydrogen) atoms. The Kier molecular flexibility index (Phi) is 114. The van der Waals surface area contributed by atoms with Gasteiger partial charge < -0.3 is 147 Å². The standard InChI is InChI=1S/C23H44N2O7.C21H40N2O7.C19H35N3O9.C19H36N2O7.C16H31NO6/c1-4-24-23(28)21(25-22(27)13-9-15-32-19-17-30-3)12-7-5-6-10-20(26)11-8-14-31-18-16-29-2;1-4-22-21(26)19(23-20(25)11-13-30-17-15-28-3)9-7-5-6-8-18(24)10-12-29-16-14-27-2;1-4-8-31-19(26)21-5-9-27-12-13-28-15-18(25)30-11-7-22(14-17(24)20-3)6-10-29-16(2)23;1-4-20-19(24)17(21-18(23)15-28-13-11-26-3)9-7-5-6-8-16(22)14-27-12-10-25-2;1-4-6-15(18)13-17(7-5-8-22-11-9-20-2)16(19)14-23-12-10-21-3/h21H,4-19H2,1-3H3,(H,24,28)(H,25,27);19H,4-17H2,1-3H3,(H,22,26)(H,23,25);4-15H2,1-3H3,(H,20,24)(H,21,26);17H,4-15H2,1-3H3,(H,20,24)(H,21,23);4-14H2,1-3H3. The Morgan fingerprint density at radius 2 is 0.646 bits per heavy atom. The number of nitrogens with one attached hydrogen (secondary N) is 8. The van der Waals surface area contributed by atoms with Crippen molar-refractivity contribution in [3.05, 3.63) is 0 Å². The zero-order valence-electron chi connectivity index (χ0n) is 89.8. The summed E-state index contributed by atoms with van der Waals surface area (Å²) in [5.74, 6) is -2.06. The fraction of sp³-hybridized carbons (Fsp3) is 0.847. The molecule has 0 fully saturated rings. The van der Waals surface area contributed by atoms with Gasteiger partial charge in [-0.1, -0.05) is 52.4 Å². The molecule has 0 aromatic carbocycles. The quantitative estimate of drug-likeness (QED) is 0.0243. The number of Topliss-reactive ketones (excluding diaryl/α,β-unsaturated/α-hetero) is 4. The van der Waals surface area contributed by atoms with E-state index in [0.29, 0.717) is 268 Å². The maximum absolute atomic E-state index is 12.3. The molecular formula is C98H186N10O36. The molecule has 0 saturated heterocycles. The first-order valence-electron chi connectivity index (χ1n) is 50.6. The summed E-state index contributed by atoms with van der Waals surface area (Å²) < 4.78 is 106. The molecule has 46 nitrogen and oxygen atoms in total. The van der Waals surface area contributed by atoms with Crippen molar-refractivity contribution in [1.82, 2.24) is 52.3 Å². The summed E-state index contributed by atoms with van der Waals surface area (Å²) in [4.78, 5) is 181. The lowest BCUT2D eigenvalue weighted by molar-refractivity contribution is -0.150. The monoisotopic (exact) mass is 2080 g/mol. The van der Waals surface area contributed by atoms with Gasteiger partial charge in [0.1, 0.15) is 69.3 Å². The number of unbranched alkanes of at least 4 members (excludes halogenated alkanes) is 6. The Balaban J connectivity index is -0.000000561. The van der Waals surface area contributed by atoms with Crippen LogP contribution in [0.15, 0.2) is 0 Å². The van der Waals surface area contributed by atoms with Crippen LogP contribution in [0.25, 0.3) is 0 Å². The smallest absolute Gasteiger partial charge is 0.407 e. The number of ketones is 4. The lowest BCUT2D eigenvalue weighted by atomic mass is 10.0. The maximum atomic E-state index is 12.3. The summed E-state index contributed by atoms with van der Waals surface area (Å²) in [7, 11) is 14.3. The predicted molar refractivity (Wildman–Crippen MR) is 536 cm³/mol. The Labute approximate surface area is 856 Å². The number of nitrogens with zero attached hydrogens (tertiary/aromatic N) is 2. The van der Waals surface area contributed by atoms with Crippen molar-refractivity contribution in [2.75, 3.05) is 328 Å². The molecule has 844 valence electrons. The maximum Gasteiger partial charge on any atom is 0.407 e. The minimum atomic E-state index is -0.605. The number of rotatable bonds is 97. The van der Waals surface area contributed by atoms with Gasteiger partial charge in [0, 0.05) is 188 Å². The molecular weight excluding hydrogens is 1890 g/mol. The molecule has 8 N–H and O–H groups in total. The van der Waals surface area contributed by atoms with Crippen LogP contribution in [0.5, 0.6) is 0 Å². The summed E-state index contributed by atoms with van der Waals surface area (Å²) in [6, 6.07) is -1.72. The fourth-order valence-electron chi connectivity index (χ4n) is 11.9. The van der Waals surface area contributed by atoms with E-state index in [0.717, 1.165) is 77.0 Å². The molecule has 3 atom stereocenters. The summed E-state index contributed by atoms with van der Waals surface area (Å²) in [6.07, 6.45) is 15.1. The molecule has 0 rings (SSSR count). The largest absolute Gasteiger partial charge is 0.465 e. The van der Waals surface area contributed by atoms with Crippen molar-refractivity contribution in [2.45, 2.75) is 220 Å². The molecule has 46 heteroatoms. The minimum absolute atomic E-state index is 0.0344. The van der Waals surface area contributed by atoms with E-state index < -0.39 is 36.2 Å². The Morgan fingerprint density at radius 3 is 1.10 bits per heavy atom. The number of ether oxygens (including phenoxy) is 21. The van der Waals surface area contributed by atoms with Crippen molar-refractivity contribution in [3.63, 3.8) is 0 Å². The van der Waals surface area contributed by atoms with Crippen molar-refractivity contribution in [1.29, 1.82) is 0 Å². The van der Waals surface area contributed by atoms with Gasteiger partial charge in [-0.3, -0.25) is 67.2 Å². The summed E-state index contributed by atoms with van der Waals surface area (Å²) in [6.45, 7) is 24.7. The van der Waals surface area contributed by atoms with Crippen LogP contribution in [-0.2, 0) is 167 Å². The van der Waals surface area contributed by atoms with Crippen LogP contribution < -0.4 is 42.5 Å². The van der Waals surface area contributed by atoms with Gasteiger partial charge in [-0.15, -0.1) is 0 Å². The van der Waals surface area contributed by atoms with Gasteiger partial charge >= 0.3 is 18.0 Å². The van der Waals surface area contributed by atoms with Gasteiger partial charge in [0.2, 0.25) is 47.3 Å². The van der Waals surface area contributed by atoms with Gasteiger partial charge in [-0.25, -0.2) is 9.59 Å². The highest BCUT2D eigenvalue weighted by molar-refractivity contribution is 5.90. The molecule has 0 aliphatic rings. The molecule has 0 bridgehead atoms. The number of likely N-dealkylation sites (N-methyl/N-ethyl adjacent to an activating group) is 4. The molecule has 0 aliphatic carbocycles. The Bertz CT molecular complexity index is 3140. The normalized spacial score (nSPS) is 11.4. The number of hydrogen-bond acceptors (Lipinski definition) is 37. The van der Waals surface area contributed by atoms with Crippen LogP contribution >= 0.6 is 0 Å². The molecule has 0 radical (unpaired) electrons. The number of carbonyl (C=O) groups is 15. The highest BCUT2D eigenvalue weighted by Gasteiger charge is 2.25. The molecule has 0 aromatic rings. The Hall–Kier alpha value is -8.11. The van der Waals surface area contributed by atoms with E-state index in [9.17, 15) is 71.9 Å². The summed E-state index contributed by atoms with van der Waals surface area (Å²) >= 11 is 0. The average Bonchev–Trinajstić information content (AvgIpc) is 0.934. The lowest BCUT2D eigenvalue weighted by Gasteiger charge is -2.22. The Morgan fingerprint density at radius 1 is 0.271 bits per heavy atom. The van der Waals surface area contributed by atoms with E-state index >= 15 is 0 Å². The second kappa shape index (κ2) is 114. The third kappa shape index (κ3) is 107. The molecule has 0 aliphatic heterocycles. The number of methoxy groups -OCH3 is 8. The summed E-state index contributed by atoms with van der Waals surface area (Å²) in [5.41, 5.74) is 0. The highest BCUT2D eigenvalue weighted by Crippen LogP contribution is 2.13. The SMILES string of the molecule is CCCC(=O)CN(CCCOCCOC)C(=O)COCCOC.CCCOC(=O)NCCOCCOCC(=O)OCCN(CCOC(C)=O)CC(=O)NC.CCNC(=O)C(CCCCCC(=O)CCCOCCOC)NC(=O)CCCOCCOC.CCNC(=O)C(CCCCCC(=O)CCOCCOC)NC(=O)CCOCCOC.CCNC(=O)C(CCCCCC(=O)COCCOC)NC(=O)COCCOC. The van der Waals surface area contributed by atoms with E-state index in [1.165, 1.54) is 14.0 Å². The predicted octanol–water partition coefficient (Wildman–Crippen LogP) is 3.91. The number of esters is 2. The zero-order chi connectivity index (χ0) is 108. The van der Waals surface area contributed by atoms with Gasteiger partial charge in [-0.05, 0) is 91.4 Å². The first-order valence-corrected chi connectivity index (χ1v) is 50.6. The van der Waals surface area contributed by atoms with Crippen molar-refractivity contribution >= 4 is 88.4 Å². The fourth-order valence-corrected chi connectivity index (χ4v) is 11.9. The van der Waals surface area contributed by atoms with Crippen LogP contribution in [0, 0.1) is 0 Å². The van der Waals surface area contributed by atoms with Gasteiger partial charge in [0.25, 0.3) is 0 Å². The zero-order valence-corrected chi connectivity index (χ0v) is 89.8. The minimum Gasteiger partial charge on any atom is -0.465 e. The molecule has 0 heterocycles. The number of alkyl carbamates (subject to hydrolysis) is 1. The second-order valence-corrected chi connectivity index (χ2v) is 32.0. The van der Waals surface area contributed by atoms with Crippen molar-refractivity contribution in [3.8, 4) is 0 Å². The second-order valence-electron chi connectivity index (χ2n) is 32.0. The molecule has 0 aromatic heterocycles. The highest BCUT2D eigenvalue weighted by atomic mass is 16.6. The van der Waals surface area contributed by atoms with Crippen LogP contribution in [-0.4, -0.2) is 444 Å². The molecule has 0 saturated carbocycles. The van der Waals surface area contributed by atoms with E-state index in [2.05, 4.69) is 42.5 Å². The first-order chi connectivity index (χ1) is 69.7. The van der Waals surface area contributed by atoms with E-state index in [-0.39, 0.29) is 149 Å². The van der Waals surface area contributed by atoms with Crippen LogP contribution in [0.3, 0.4) is 0 Å². The third-order valence-corrected chi connectivity index (χ3v) is 19.5. The molecule has 0 spiro atoms. The third-order valence-electron chi connectivity index (χ3n) is 19.5. The van der Waals surface area contributed by atoms with Crippen LogP contribution in [0.2, 0.25) is 0 Å². The van der Waals surface area contributed by atoms with E-state index in [4.69, 9.17) is 99.5 Å². The van der Waals surface area contributed by atoms with Crippen molar-refractivity contribution < 1.29 is 171 Å². The van der Waals surface area contributed by atoms with E-state index in [1.54, 1.807) is 66.7 Å².